The van der Waals surface area contributed by atoms with E-state index in [1.807, 2.05) is 0 Å². The van der Waals surface area contributed by atoms with E-state index in [1.165, 1.54) is 35.2 Å². The molecule has 180 valence electrons. The number of carbonyl (C=O) groups is 2. The maximum atomic E-state index is 12.8. The van der Waals surface area contributed by atoms with Gasteiger partial charge in [-0.1, -0.05) is 13.2 Å². The fraction of sp³-hybridized carbons (Fsp3) is 0.667. The van der Waals surface area contributed by atoms with Crippen LogP contribution in [-0.2, 0) is 50.5 Å². The summed E-state index contributed by atoms with van der Waals surface area (Å²) in [6, 6.07) is 0.406. The number of ether oxygens (including phenoxy) is 2. The molecular formula is C18H33O11PSi. The van der Waals surface area contributed by atoms with E-state index >= 15 is 0 Å². The molecule has 0 aliphatic carbocycles. The molecule has 13 heteroatoms. The number of rotatable bonds is 18. The average molecular weight is 485 g/mol. The first kappa shape index (κ1) is 29.6. The Kier molecular flexibility index (Phi) is 14.7. The van der Waals surface area contributed by atoms with Crippen LogP contribution in [0, 0.1) is 0 Å². The highest BCUT2D eigenvalue weighted by Crippen LogP contribution is 2.49. The summed E-state index contributed by atoms with van der Waals surface area (Å²) in [5.74, 6) is -1.21. The van der Waals surface area contributed by atoms with E-state index in [-0.39, 0.29) is 44.2 Å². The van der Waals surface area contributed by atoms with Gasteiger partial charge in [-0.2, -0.15) is 0 Å². The summed E-state index contributed by atoms with van der Waals surface area (Å²) in [5, 5.41) is 0. The number of hydrogen-bond donors (Lipinski definition) is 0. The predicted octanol–water partition coefficient (Wildman–Crippen LogP) is 2.65. The largest absolute Gasteiger partial charge is 0.500 e. The minimum Gasteiger partial charge on any atom is -0.460 e. The lowest BCUT2D eigenvalue weighted by molar-refractivity contribution is -0.140. The van der Waals surface area contributed by atoms with E-state index in [0.29, 0.717) is 12.5 Å². The van der Waals surface area contributed by atoms with Gasteiger partial charge in [-0.3, -0.25) is 13.6 Å². The molecule has 0 fully saturated rings. The van der Waals surface area contributed by atoms with E-state index < -0.39 is 28.6 Å². The first-order chi connectivity index (χ1) is 14.5. The number of phosphoric acid groups is 1. The van der Waals surface area contributed by atoms with E-state index in [0.717, 1.165) is 0 Å². The van der Waals surface area contributed by atoms with Gasteiger partial charge in [0.2, 0.25) is 0 Å². The second-order valence-corrected chi connectivity index (χ2v) is 10.9. The topological polar surface area (TPSA) is 125 Å². The molecule has 0 aliphatic rings. The number of esters is 2. The summed E-state index contributed by atoms with van der Waals surface area (Å²) in [4.78, 5) is 22.8. The Morgan fingerprint density at radius 1 is 0.742 bits per heavy atom. The monoisotopic (exact) mass is 484 g/mol. The van der Waals surface area contributed by atoms with E-state index in [9.17, 15) is 14.2 Å². The lowest BCUT2D eigenvalue weighted by atomic mass is 10.4. The molecule has 0 amide bonds. The third kappa shape index (κ3) is 12.3. The summed E-state index contributed by atoms with van der Waals surface area (Å²) in [7, 11) is -2.39. The fourth-order valence-electron chi connectivity index (χ4n) is 1.95. The number of carbonyl (C=O) groups excluding carboxylic acids is 2. The fourth-order valence-corrected chi connectivity index (χ4v) is 4.81. The van der Waals surface area contributed by atoms with Crippen LogP contribution in [0.3, 0.4) is 0 Å². The Bertz CT molecular complexity index is 602. The molecule has 0 spiro atoms. The Morgan fingerprint density at radius 2 is 1.13 bits per heavy atom. The van der Waals surface area contributed by atoms with Gasteiger partial charge in [0.25, 0.3) is 0 Å². The van der Waals surface area contributed by atoms with Crippen LogP contribution < -0.4 is 0 Å². The highest BCUT2D eigenvalue weighted by Gasteiger charge is 2.37. The van der Waals surface area contributed by atoms with E-state index in [4.69, 9.17) is 36.3 Å². The molecule has 0 aromatic carbocycles. The van der Waals surface area contributed by atoms with Crippen LogP contribution >= 0.6 is 7.82 Å². The van der Waals surface area contributed by atoms with E-state index in [1.54, 1.807) is 0 Å². The van der Waals surface area contributed by atoms with Crippen LogP contribution in [0.1, 0.15) is 20.3 Å². The molecule has 0 radical (unpaired) electrons. The van der Waals surface area contributed by atoms with Crippen molar-refractivity contribution in [3.8, 4) is 0 Å². The van der Waals surface area contributed by atoms with Crippen molar-refractivity contribution in [2.75, 3.05) is 54.4 Å². The van der Waals surface area contributed by atoms with Gasteiger partial charge in [0.15, 0.2) is 0 Å². The summed E-state index contributed by atoms with van der Waals surface area (Å²) >= 11 is 0. The summed E-state index contributed by atoms with van der Waals surface area (Å²) in [6.45, 7) is 9.04. The molecule has 0 heterocycles. The zero-order valence-corrected chi connectivity index (χ0v) is 20.7. The molecule has 0 rings (SSSR count). The maximum Gasteiger partial charge on any atom is 0.500 e. The summed E-state index contributed by atoms with van der Waals surface area (Å²) in [6.07, 6.45) is 0.383. The molecular weight excluding hydrogens is 451 g/mol. The Balaban J connectivity index is 4.71. The zero-order valence-electron chi connectivity index (χ0n) is 18.8. The minimum absolute atomic E-state index is 0.0147. The molecule has 0 saturated heterocycles. The second-order valence-electron chi connectivity index (χ2n) is 6.18. The van der Waals surface area contributed by atoms with Gasteiger partial charge in [-0.15, -0.1) is 0 Å². The SMILES string of the molecule is C=C(C)C(=O)OCCOP(=O)(OCCC[Si](OC)(OC)OC)OCCOC(=O)C(=C)C. The van der Waals surface area contributed by atoms with Crippen molar-refractivity contribution in [2.45, 2.75) is 26.3 Å². The molecule has 0 N–H and O–H groups in total. The Labute approximate surface area is 184 Å². The molecule has 0 aliphatic heterocycles. The summed E-state index contributed by atoms with van der Waals surface area (Å²) < 4.78 is 54.2. The van der Waals surface area contributed by atoms with Gasteiger partial charge in [0, 0.05) is 38.5 Å². The van der Waals surface area contributed by atoms with Gasteiger partial charge in [0.05, 0.1) is 19.8 Å². The first-order valence-corrected chi connectivity index (χ1v) is 12.8. The van der Waals surface area contributed by atoms with Crippen molar-refractivity contribution in [3.63, 3.8) is 0 Å². The van der Waals surface area contributed by atoms with Crippen molar-refractivity contribution in [1.82, 2.24) is 0 Å². The smallest absolute Gasteiger partial charge is 0.460 e. The molecule has 0 aromatic rings. The molecule has 0 aromatic heterocycles. The van der Waals surface area contributed by atoms with Crippen LogP contribution in [0.25, 0.3) is 0 Å². The zero-order chi connectivity index (χ0) is 23.9. The van der Waals surface area contributed by atoms with Crippen LogP contribution in [0.5, 0.6) is 0 Å². The van der Waals surface area contributed by atoms with E-state index in [2.05, 4.69) is 13.2 Å². The molecule has 31 heavy (non-hydrogen) atoms. The molecule has 0 saturated carbocycles. The van der Waals surface area contributed by atoms with Gasteiger partial charge in [0.1, 0.15) is 13.2 Å². The van der Waals surface area contributed by atoms with Gasteiger partial charge in [-0.05, 0) is 20.3 Å². The molecule has 0 bridgehead atoms. The van der Waals surface area contributed by atoms with Gasteiger partial charge >= 0.3 is 28.6 Å². The lowest BCUT2D eigenvalue weighted by Crippen LogP contribution is -2.42. The maximum absolute atomic E-state index is 12.8. The number of phosphoric ester groups is 1. The van der Waals surface area contributed by atoms with Crippen LogP contribution in [-0.4, -0.2) is 75.1 Å². The van der Waals surface area contributed by atoms with Crippen LogP contribution in [0.4, 0.5) is 0 Å². The predicted molar refractivity (Wildman–Crippen MR) is 113 cm³/mol. The number of hydrogen-bond acceptors (Lipinski definition) is 11. The normalized spacial score (nSPS) is 11.8. The molecule has 0 atom stereocenters. The van der Waals surface area contributed by atoms with Crippen LogP contribution in [0.15, 0.2) is 24.3 Å². The Morgan fingerprint density at radius 3 is 1.48 bits per heavy atom. The standard InChI is InChI=1S/C18H33O11PSi/c1-15(2)17(19)25-10-12-28-30(21,29-13-11-26-18(20)16(3)4)27-9-8-14-31(22-5,23-6)24-7/h1,3,8-14H2,2,4-7H3. The van der Waals surface area contributed by atoms with Crippen molar-refractivity contribution in [3.05, 3.63) is 24.3 Å². The first-order valence-electron chi connectivity index (χ1n) is 9.39. The average Bonchev–Trinajstić information content (AvgIpc) is 2.74. The van der Waals surface area contributed by atoms with Crippen molar-refractivity contribution in [1.29, 1.82) is 0 Å². The molecule has 11 nitrogen and oxygen atoms in total. The second kappa shape index (κ2) is 15.4. The highest BCUT2D eigenvalue weighted by atomic mass is 31.2. The van der Waals surface area contributed by atoms with Crippen molar-refractivity contribution < 1.29 is 50.5 Å². The minimum atomic E-state index is -4.03. The molecule has 0 unspecified atom stereocenters. The quantitative estimate of drug-likeness (QED) is 0.0937. The lowest BCUT2D eigenvalue weighted by Gasteiger charge is -2.24. The third-order valence-electron chi connectivity index (χ3n) is 3.64. The highest BCUT2D eigenvalue weighted by molar-refractivity contribution is 7.48. The van der Waals surface area contributed by atoms with Gasteiger partial charge < -0.3 is 22.8 Å². The van der Waals surface area contributed by atoms with Crippen molar-refractivity contribution in [2.24, 2.45) is 0 Å². The third-order valence-corrected chi connectivity index (χ3v) is 7.97. The van der Waals surface area contributed by atoms with Crippen molar-refractivity contribution >= 4 is 28.6 Å². The van der Waals surface area contributed by atoms with Crippen LogP contribution in [0.2, 0.25) is 6.04 Å². The summed E-state index contributed by atoms with van der Waals surface area (Å²) in [5.41, 5.74) is 0.439. The Hall–Kier alpha value is -1.37. The van der Waals surface area contributed by atoms with Gasteiger partial charge in [-0.25, -0.2) is 14.2 Å².